The molecule has 3 fully saturated rings. The fourth-order valence-electron chi connectivity index (χ4n) is 8.06. The Labute approximate surface area is 180 Å². The largest absolute Gasteiger partial charge is 0.393 e. The third-order valence-electron chi connectivity index (χ3n) is 10.4. The maximum absolute atomic E-state index is 10.3. The predicted octanol–water partition coefficient (Wildman–Crippen LogP) is 7.55. The smallest absolute Gasteiger partial charge is 0.0543 e. The lowest BCUT2D eigenvalue weighted by molar-refractivity contribution is -0.0377. The molecule has 4 aliphatic carbocycles. The SMILES string of the molecule is CC(C)[C@@H](C)/C=C/[C@@H](C)[C@H]1CCC2=C3CCC4CC(O)CC[C@]4(C)[C@H]3CC[C@@]21C. The average Bonchev–Trinajstić information content (AvgIpc) is 3.03. The Kier molecular flexibility index (Phi) is 5.86. The second kappa shape index (κ2) is 7.85. The maximum Gasteiger partial charge on any atom is 0.0543 e. The standard InChI is InChI=1S/C28H46O/c1-18(2)19(3)7-8-20(4)24-11-12-25-23-10-9-21-17-22(29)13-15-27(21,5)26(23)14-16-28(24,25)6/h7-8,18-22,24,26,29H,9-17H2,1-6H3/b8-7+/t19-,20+,21?,22?,24+,26-,27-,28+/m0/s1. The summed E-state index contributed by atoms with van der Waals surface area (Å²) in [4.78, 5) is 0. The highest BCUT2D eigenvalue weighted by Crippen LogP contribution is 2.65. The average molecular weight is 399 g/mol. The first-order chi connectivity index (χ1) is 13.7. The number of hydrogen-bond donors (Lipinski definition) is 1. The van der Waals surface area contributed by atoms with Gasteiger partial charge in [-0.2, -0.15) is 0 Å². The predicted molar refractivity (Wildman–Crippen MR) is 124 cm³/mol. The van der Waals surface area contributed by atoms with Crippen LogP contribution in [-0.4, -0.2) is 11.2 Å². The zero-order valence-electron chi connectivity index (χ0n) is 20.0. The van der Waals surface area contributed by atoms with Crippen molar-refractivity contribution >= 4 is 0 Å². The first-order valence-electron chi connectivity index (χ1n) is 12.8. The van der Waals surface area contributed by atoms with Gasteiger partial charge in [0.2, 0.25) is 0 Å². The summed E-state index contributed by atoms with van der Waals surface area (Å²) in [5.41, 5.74) is 4.68. The van der Waals surface area contributed by atoms with Crippen LogP contribution in [0.3, 0.4) is 0 Å². The lowest BCUT2D eigenvalue weighted by Gasteiger charge is -2.56. The van der Waals surface area contributed by atoms with Gasteiger partial charge in [0, 0.05) is 0 Å². The molecule has 0 spiro atoms. The van der Waals surface area contributed by atoms with Crippen LogP contribution in [0.15, 0.2) is 23.3 Å². The van der Waals surface area contributed by atoms with Crippen LogP contribution in [-0.2, 0) is 0 Å². The van der Waals surface area contributed by atoms with E-state index in [9.17, 15) is 5.11 Å². The van der Waals surface area contributed by atoms with Crippen molar-refractivity contribution in [3.05, 3.63) is 23.3 Å². The van der Waals surface area contributed by atoms with Crippen molar-refractivity contribution in [2.45, 2.75) is 105 Å². The number of hydrogen-bond acceptors (Lipinski definition) is 1. The third kappa shape index (κ3) is 3.58. The van der Waals surface area contributed by atoms with E-state index in [2.05, 4.69) is 53.7 Å². The Morgan fingerprint density at radius 2 is 1.69 bits per heavy atom. The molecule has 0 aliphatic heterocycles. The second-order valence-electron chi connectivity index (χ2n) is 12.2. The van der Waals surface area contributed by atoms with Crippen LogP contribution in [0.4, 0.5) is 0 Å². The van der Waals surface area contributed by atoms with E-state index < -0.39 is 0 Å². The molecule has 0 bridgehead atoms. The number of fused-ring (bicyclic) bond motifs is 4. The van der Waals surface area contributed by atoms with Gasteiger partial charge in [0.15, 0.2) is 0 Å². The highest BCUT2D eigenvalue weighted by Gasteiger charge is 2.55. The van der Waals surface area contributed by atoms with Gasteiger partial charge in [-0.25, -0.2) is 0 Å². The Bertz CT molecular complexity index is 672. The van der Waals surface area contributed by atoms with Gasteiger partial charge in [-0.05, 0) is 104 Å². The first kappa shape index (κ1) is 21.7. The van der Waals surface area contributed by atoms with Gasteiger partial charge in [0.05, 0.1) is 6.10 Å². The summed E-state index contributed by atoms with van der Waals surface area (Å²) in [5.74, 6) is 4.48. The van der Waals surface area contributed by atoms with Crippen LogP contribution in [0, 0.1) is 46.3 Å². The Morgan fingerprint density at radius 1 is 0.931 bits per heavy atom. The minimum absolute atomic E-state index is 0.0344. The van der Waals surface area contributed by atoms with Crippen molar-refractivity contribution in [2.75, 3.05) is 0 Å². The zero-order valence-corrected chi connectivity index (χ0v) is 20.0. The third-order valence-corrected chi connectivity index (χ3v) is 10.4. The van der Waals surface area contributed by atoms with E-state index in [1.54, 1.807) is 0 Å². The van der Waals surface area contributed by atoms with E-state index in [1.165, 1.54) is 44.9 Å². The molecule has 2 unspecified atom stereocenters. The maximum atomic E-state index is 10.3. The molecule has 0 aromatic carbocycles. The molecular weight excluding hydrogens is 352 g/mol. The molecule has 164 valence electrons. The molecule has 4 rings (SSSR count). The van der Waals surface area contributed by atoms with Crippen molar-refractivity contribution in [1.82, 2.24) is 0 Å². The van der Waals surface area contributed by atoms with Gasteiger partial charge in [0.25, 0.3) is 0 Å². The molecule has 0 saturated heterocycles. The molecule has 1 N–H and O–H groups in total. The van der Waals surface area contributed by atoms with Gasteiger partial charge in [-0.15, -0.1) is 0 Å². The van der Waals surface area contributed by atoms with Crippen molar-refractivity contribution in [2.24, 2.45) is 46.3 Å². The fraction of sp³-hybridized carbons (Fsp3) is 0.857. The van der Waals surface area contributed by atoms with Gasteiger partial charge < -0.3 is 5.11 Å². The molecular formula is C28H46O. The summed E-state index contributed by atoms with van der Waals surface area (Å²) in [6.07, 6.45) is 16.5. The molecule has 3 saturated carbocycles. The summed E-state index contributed by atoms with van der Waals surface area (Å²) in [6, 6.07) is 0. The minimum Gasteiger partial charge on any atom is -0.393 e. The summed E-state index contributed by atoms with van der Waals surface area (Å²) in [7, 11) is 0. The second-order valence-corrected chi connectivity index (χ2v) is 12.2. The molecule has 1 heteroatoms. The number of rotatable bonds is 4. The number of allylic oxidation sites excluding steroid dienone is 4. The summed E-state index contributed by atoms with van der Waals surface area (Å²) >= 11 is 0. The molecule has 0 aromatic heterocycles. The summed E-state index contributed by atoms with van der Waals surface area (Å²) < 4.78 is 0. The minimum atomic E-state index is -0.0344. The van der Waals surface area contributed by atoms with Crippen LogP contribution in [0.1, 0.15) is 99.3 Å². The van der Waals surface area contributed by atoms with E-state index in [-0.39, 0.29) is 6.10 Å². The van der Waals surface area contributed by atoms with E-state index in [0.717, 1.165) is 36.5 Å². The highest BCUT2D eigenvalue weighted by molar-refractivity contribution is 5.35. The molecule has 0 radical (unpaired) electrons. The van der Waals surface area contributed by atoms with Crippen molar-refractivity contribution in [3.8, 4) is 0 Å². The van der Waals surface area contributed by atoms with Gasteiger partial charge in [0.1, 0.15) is 0 Å². The lowest BCUT2D eigenvalue weighted by atomic mass is 9.49. The van der Waals surface area contributed by atoms with Crippen LogP contribution in [0.5, 0.6) is 0 Å². The lowest BCUT2D eigenvalue weighted by Crippen LogP contribution is -2.48. The fourth-order valence-corrected chi connectivity index (χ4v) is 8.06. The van der Waals surface area contributed by atoms with E-state index >= 15 is 0 Å². The van der Waals surface area contributed by atoms with Crippen LogP contribution >= 0.6 is 0 Å². The molecule has 8 atom stereocenters. The highest BCUT2D eigenvalue weighted by atomic mass is 16.3. The topological polar surface area (TPSA) is 20.2 Å². The number of aliphatic hydroxyl groups is 1. The van der Waals surface area contributed by atoms with Gasteiger partial charge >= 0.3 is 0 Å². The van der Waals surface area contributed by atoms with E-state index in [1.807, 2.05) is 11.1 Å². The van der Waals surface area contributed by atoms with Crippen molar-refractivity contribution < 1.29 is 5.11 Å². The molecule has 29 heavy (non-hydrogen) atoms. The van der Waals surface area contributed by atoms with Gasteiger partial charge in [-0.3, -0.25) is 0 Å². The zero-order chi connectivity index (χ0) is 21.0. The normalized spacial score (nSPS) is 44.6. The Hall–Kier alpha value is -0.560. The summed E-state index contributed by atoms with van der Waals surface area (Å²) in [5, 5.41) is 10.3. The van der Waals surface area contributed by atoms with Crippen molar-refractivity contribution in [3.63, 3.8) is 0 Å². The van der Waals surface area contributed by atoms with Crippen LogP contribution in [0.2, 0.25) is 0 Å². The van der Waals surface area contributed by atoms with Crippen LogP contribution in [0.25, 0.3) is 0 Å². The number of aliphatic hydroxyl groups excluding tert-OH is 1. The molecule has 0 aromatic rings. The van der Waals surface area contributed by atoms with Crippen LogP contribution < -0.4 is 0 Å². The van der Waals surface area contributed by atoms with E-state index in [4.69, 9.17) is 0 Å². The molecule has 4 aliphatic rings. The van der Waals surface area contributed by atoms with Gasteiger partial charge in [-0.1, -0.05) is 64.8 Å². The molecule has 1 nitrogen and oxygen atoms in total. The summed E-state index contributed by atoms with van der Waals surface area (Å²) in [6.45, 7) is 14.7. The van der Waals surface area contributed by atoms with E-state index in [0.29, 0.717) is 22.7 Å². The monoisotopic (exact) mass is 398 g/mol. The first-order valence-corrected chi connectivity index (χ1v) is 12.8. The van der Waals surface area contributed by atoms with Crippen molar-refractivity contribution in [1.29, 1.82) is 0 Å². The molecule has 0 amide bonds. The molecule has 0 heterocycles. The quantitative estimate of drug-likeness (QED) is 0.484. The Balaban J connectivity index is 1.58. The Morgan fingerprint density at radius 3 is 2.41 bits per heavy atom.